The van der Waals surface area contributed by atoms with Crippen LogP contribution in [0.3, 0.4) is 0 Å². The minimum atomic E-state index is -1.01. The van der Waals surface area contributed by atoms with Crippen LogP contribution >= 0.6 is 15.9 Å². The summed E-state index contributed by atoms with van der Waals surface area (Å²) >= 11 is 3.44. The molecular formula is C44H54BBrF2N8O8. The molecule has 6 aromatic rings. The molecule has 0 atom stereocenters. The zero-order valence-corrected chi connectivity index (χ0v) is 39.6. The quantitative estimate of drug-likeness (QED) is 0.124. The Bertz CT molecular complexity index is 2570. The van der Waals surface area contributed by atoms with Crippen LogP contribution in [-0.4, -0.2) is 132 Å². The molecule has 16 nitrogen and oxygen atoms in total. The summed E-state index contributed by atoms with van der Waals surface area (Å²) in [6.07, 6.45) is 9.16. The van der Waals surface area contributed by atoms with Crippen molar-refractivity contribution in [1.82, 2.24) is 39.0 Å². The lowest BCUT2D eigenvalue weighted by Gasteiger charge is -2.32. The Balaban J connectivity index is 0.000000187. The van der Waals surface area contributed by atoms with Gasteiger partial charge in [-0.25, -0.2) is 19.0 Å². The monoisotopic (exact) mass is 950 g/mol. The van der Waals surface area contributed by atoms with Crippen LogP contribution in [0.1, 0.15) is 76.1 Å². The molecule has 1 fully saturated rings. The number of pyridine rings is 4. The van der Waals surface area contributed by atoms with E-state index in [2.05, 4.69) is 36.1 Å². The standard InChI is InChI=1S/C19H21FN4O3.C14H18BrN3O3.C11H15BFNO2/c1-19(2,26)11-27-13-7-14(12-5-6-16(20)21-8-12)17-15(18(25)23(3)4)9-22-24(17)10-13;1-14(2,20)8-21-9-5-11(15)12-10(13(19)17(3)4)6-16-18(12)7-9;1-10(2)11(3,4)16-12(15-10)8-5-6-9(13)14-7-8/h5-10,26H,11H2,1-4H3;5-7,20H,8H2,1-4H3;5-7H,1-4H3. The highest BCUT2D eigenvalue weighted by Gasteiger charge is 2.51. The zero-order valence-electron chi connectivity index (χ0n) is 38.0. The first-order chi connectivity index (χ1) is 29.7. The molecule has 0 aromatic carbocycles. The van der Waals surface area contributed by atoms with Crippen LogP contribution in [0.5, 0.6) is 11.5 Å². The number of carbonyl (C=O) groups is 2. The first-order valence-electron chi connectivity index (χ1n) is 20.1. The number of aliphatic hydroxyl groups is 2. The fourth-order valence-corrected chi connectivity index (χ4v) is 6.50. The Morgan fingerprint density at radius 3 is 1.62 bits per heavy atom. The number of carbonyl (C=O) groups excluding carboxylic acids is 2. The van der Waals surface area contributed by atoms with Crippen molar-refractivity contribution >= 4 is 51.4 Å². The fraction of sp³-hybridized carbons (Fsp3) is 0.409. The van der Waals surface area contributed by atoms with Crippen molar-refractivity contribution in [2.45, 2.75) is 77.8 Å². The molecule has 0 radical (unpaired) electrons. The first-order valence-corrected chi connectivity index (χ1v) is 20.9. The fourth-order valence-electron chi connectivity index (χ4n) is 5.88. The Labute approximate surface area is 379 Å². The summed E-state index contributed by atoms with van der Waals surface area (Å²) in [5, 5.41) is 28.0. The number of aromatic nitrogens is 6. The van der Waals surface area contributed by atoms with Gasteiger partial charge in [0.1, 0.15) is 24.7 Å². The number of rotatable bonds is 10. The second-order valence-corrected chi connectivity index (χ2v) is 18.6. The molecule has 2 N–H and O–H groups in total. The molecule has 342 valence electrons. The molecule has 0 unspecified atom stereocenters. The summed E-state index contributed by atoms with van der Waals surface area (Å²) < 4.78 is 52.6. The van der Waals surface area contributed by atoms with E-state index in [1.807, 2.05) is 27.7 Å². The summed E-state index contributed by atoms with van der Waals surface area (Å²) in [6.45, 7) is 14.8. The normalized spacial score (nSPS) is 14.4. The number of hydrogen-bond acceptors (Lipinski definition) is 12. The van der Waals surface area contributed by atoms with E-state index < -0.39 is 30.2 Å². The molecule has 7 rings (SSSR count). The molecule has 20 heteroatoms. The number of nitrogens with zero attached hydrogens (tertiary/aromatic N) is 8. The summed E-state index contributed by atoms with van der Waals surface area (Å²) in [6, 6.07) is 9.25. The molecule has 0 saturated carbocycles. The minimum absolute atomic E-state index is 0.0738. The van der Waals surface area contributed by atoms with Crippen molar-refractivity contribution in [1.29, 1.82) is 0 Å². The van der Waals surface area contributed by atoms with Gasteiger partial charge in [0, 0.05) is 61.6 Å². The van der Waals surface area contributed by atoms with Crippen LogP contribution in [0.2, 0.25) is 0 Å². The smallest absolute Gasteiger partial charge is 0.489 e. The number of ether oxygens (including phenoxy) is 2. The average Bonchev–Trinajstić information content (AvgIpc) is 3.89. The van der Waals surface area contributed by atoms with E-state index in [-0.39, 0.29) is 36.2 Å². The first kappa shape index (κ1) is 49.5. The molecule has 2 amide bonds. The maximum atomic E-state index is 13.3. The third-order valence-corrected chi connectivity index (χ3v) is 10.5. The van der Waals surface area contributed by atoms with Crippen molar-refractivity contribution in [3.63, 3.8) is 0 Å². The molecular weight excluding hydrogens is 897 g/mol. The maximum absolute atomic E-state index is 13.3. The molecule has 64 heavy (non-hydrogen) atoms. The lowest BCUT2D eigenvalue weighted by molar-refractivity contribution is 0.00578. The number of amides is 2. The largest absolute Gasteiger partial charge is 0.496 e. The van der Waals surface area contributed by atoms with Gasteiger partial charge in [0.2, 0.25) is 11.9 Å². The van der Waals surface area contributed by atoms with Crippen molar-refractivity contribution in [2.75, 3.05) is 41.4 Å². The van der Waals surface area contributed by atoms with E-state index in [9.17, 15) is 28.6 Å². The maximum Gasteiger partial charge on any atom is 0.496 e. The molecule has 0 aliphatic carbocycles. The lowest BCUT2D eigenvalue weighted by Crippen LogP contribution is -2.41. The van der Waals surface area contributed by atoms with Crippen LogP contribution in [0.25, 0.3) is 22.2 Å². The predicted octanol–water partition coefficient (Wildman–Crippen LogP) is 5.86. The van der Waals surface area contributed by atoms with Gasteiger partial charge in [0.05, 0.1) is 69.4 Å². The molecule has 0 bridgehead atoms. The second-order valence-electron chi connectivity index (χ2n) is 17.8. The Morgan fingerprint density at radius 1 is 0.734 bits per heavy atom. The van der Waals surface area contributed by atoms with Crippen molar-refractivity contribution in [3.8, 4) is 22.6 Å². The van der Waals surface area contributed by atoms with Gasteiger partial charge < -0.3 is 38.8 Å². The minimum Gasteiger partial charge on any atom is -0.489 e. The van der Waals surface area contributed by atoms with Crippen LogP contribution in [-0.2, 0) is 9.31 Å². The summed E-state index contributed by atoms with van der Waals surface area (Å²) in [4.78, 5) is 34.9. The van der Waals surface area contributed by atoms with Gasteiger partial charge in [-0.15, -0.1) is 0 Å². The number of halogens is 3. The van der Waals surface area contributed by atoms with Gasteiger partial charge in [0.25, 0.3) is 11.8 Å². The average molecular weight is 952 g/mol. The Kier molecular flexibility index (Phi) is 14.9. The SMILES string of the molecule is CC1(C)OB(c2ccc(F)nc2)OC1(C)C.CN(C)C(=O)c1cnn2cc(OCC(C)(C)O)cc(-c3ccc(F)nc3)c12.CN(C)C(=O)c1cnn2cc(OCC(C)(C)O)cc(Br)c12. The highest BCUT2D eigenvalue weighted by molar-refractivity contribution is 9.10. The second kappa shape index (κ2) is 19.3. The molecule has 1 saturated heterocycles. The van der Waals surface area contributed by atoms with Crippen molar-refractivity contribution in [3.05, 3.63) is 101 Å². The molecule has 0 spiro atoms. The van der Waals surface area contributed by atoms with Gasteiger partial charge in [-0.1, -0.05) is 6.07 Å². The van der Waals surface area contributed by atoms with Crippen LogP contribution in [0.4, 0.5) is 8.78 Å². The van der Waals surface area contributed by atoms with Crippen LogP contribution in [0, 0.1) is 11.9 Å². The van der Waals surface area contributed by atoms with Gasteiger partial charge in [-0.05, 0) is 102 Å². The van der Waals surface area contributed by atoms with Crippen LogP contribution < -0.4 is 14.9 Å². The van der Waals surface area contributed by atoms with E-state index in [1.165, 1.54) is 51.2 Å². The summed E-state index contributed by atoms with van der Waals surface area (Å²) in [5.41, 5.74) is 1.46. The summed E-state index contributed by atoms with van der Waals surface area (Å²) in [7, 11) is 6.23. The molecule has 1 aliphatic rings. The molecule has 6 aromatic heterocycles. The van der Waals surface area contributed by atoms with E-state index in [1.54, 1.807) is 97.1 Å². The molecule has 7 heterocycles. The Hall–Kier alpha value is -5.54. The lowest BCUT2D eigenvalue weighted by atomic mass is 9.80. The van der Waals surface area contributed by atoms with E-state index in [0.717, 1.165) is 5.46 Å². The topological polar surface area (TPSA) is 178 Å². The van der Waals surface area contributed by atoms with Crippen molar-refractivity contribution in [2.24, 2.45) is 0 Å². The highest BCUT2D eigenvalue weighted by atomic mass is 79.9. The zero-order chi connectivity index (χ0) is 47.5. The third kappa shape index (κ3) is 12.2. The van der Waals surface area contributed by atoms with Crippen molar-refractivity contribution < 1.29 is 47.4 Å². The van der Waals surface area contributed by atoms with E-state index in [0.29, 0.717) is 49.3 Å². The van der Waals surface area contributed by atoms with Gasteiger partial charge in [0.15, 0.2) is 0 Å². The predicted molar refractivity (Wildman–Crippen MR) is 241 cm³/mol. The Morgan fingerprint density at radius 2 is 1.19 bits per heavy atom. The van der Waals surface area contributed by atoms with Gasteiger partial charge >= 0.3 is 7.12 Å². The van der Waals surface area contributed by atoms with E-state index >= 15 is 0 Å². The van der Waals surface area contributed by atoms with Gasteiger partial charge in [-0.3, -0.25) is 9.59 Å². The number of hydrogen-bond donors (Lipinski definition) is 2. The summed E-state index contributed by atoms with van der Waals surface area (Å²) in [5.74, 6) is -0.399. The van der Waals surface area contributed by atoms with Gasteiger partial charge in [-0.2, -0.15) is 19.0 Å². The van der Waals surface area contributed by atoms with Crippen LogP contribution in [0.15, 0.2) is 78.1 Å². The number of fused-ring (bicyclic) bond motifs is 2. The highest BCUT2D eigenvalue weighted by Crippen LogP contribution is 2.36. The third-order valence-electron chi connectivity index (χ3n) is 9.90. The molecule has 1 aliphatic heterocycles. The van der Waals surface area contributed by atoms with E-state index in [4.69, 9.17) is 18.8 Å².